The number of aromatic nitrogens is 1. The van der Waals surface area contributed by atoms with E-state index in [1.54, 1.807) is 0 Å². The first-order chi connectivity index (χ1) is 14.5. The number of anilines is 1. The summed E-state index contributed by atoms with van der Waals surface area (Å²) in [6.45, 7) is 2.20. The van der Waals surface area contributed by atoms with E-state index in [1.165, 1.54) is 37.7 Å². The quantitative estimate of drug-likeness (QED) is 0.244. The van der Waals surface area contributed by atoms with E-state index in [1.807, 2.05) is 0 Å². The fourth-order valence-corrected chi connectivity index (χ4v) is 4.25. The molecule has 1 amide bonds. The van der Waals surface area contributed by atoms with Crippen LogP contribution in [0.25, 0.3) is 0 Å². The van der Waals surface area contributed by atoms with Crippen LogP contribution in [0.15, 0.2) is 30.1 Å². The molecule has 1 aromatic rings. The number of likely N-dealkylation sites (tertiary alicyclic amines) is 1. The monoisotopic (exact) mass is 413 g/mol. The Bertz CT molecular complexity index is 844. The number of pyridine rings is 1. The third-order valence-electron chi connectivity index (χ3n) is 5.87. The number of hydrogen-bond acceptors (Lipinski definition) is 6. The summed E-state index contributed by atoms with van der Waals surface area (Å²) >= 11 is 0. The summed E-state index contributed by atoms with van der Waals surface area (Å²) in [6, 6.07) is 5.31. The van der Waals surface area contributed by atoms with Crippen molar-refractivity contribution in [3.05, 3.63) is 36.1 Å². The lowest BCUT2D eigenvalue weighted by molar-refractivity contribution is -0.114. The molecule has 0 unspecified atom stereocenters. The van der Waals surface area contributed by atoms with E-state index in [0.717, 1.165) is 38.4 Å². The Morgan fingerprint density at radius 1 is 1.37 bits per heavy atom. The molecule has 0 aromatic carbocycles. The van der Waals surface area contributed by atoms with Crippen molar-refractivity contribution in [3.8, 4) is 6.07 Å². The lowest BCUT2D eigenvalue weighted by Gasteiger charge is -2.40. The molecule has 2 aliphatic rings. The zero-order chi connectivity index (χ0) is 21.5. The smallest absolute Gasteiger partial charge is 0.253 e. The van der Waals surface area contributed by atoms with Crippen molar-refractivity contribution in [3.63, 3.8) is 0 Å². The molecular formula is C21H28FN7O. The van der Waals surface area contributed by atoms with Gasteiger partial charge in [-0.3, -0.25) is 10.2 Å². The Morgan fingerprint density at radius 2 is 2.13 bits per heavy atom. The predicted octanol–water partition coefficient (Wildman–Crippen LogP) is 2.12. The van der Waals surface area contributed by atoms with Gasteiger partial charge >= 0.3 is 0 Å². The summed E-state index contributed by atoms with van der Waals surface area (Å²) in [5, 5.41) is 23.6. The van der Waals surface area contributed by atoms with Gasteiger partial charge in [0.1, 0.15) is 5.84 Å². The van der Waals surface area contributed by atoms with Crippen LogP contribution in [-0.2, 0) is 4.79 Å². The predicted molar refractivity (Wildman–Crippen MR) is 112 cm³/mol. The Labute approximate surface area is 175 Å². The Morgan fingerprint density at radius 3 is 2.80 bits per heavy atom. The molecule has 8 nitrogen and oxygen atoms in total. The van der Waals surface area contributed by atoms with Crippen LogP contribution in [0.3, 0.4) is 0 Å². The Balaban J connectivity index is 1.63. The number of amidine groups is 1. The van der Waals surface area contributed by atoms with Crippen molar-refractivity contribution in [1.29, 1.82) is 10.7 Å². The number of piperidine rings is 1. The first-order valence-electron chi connectivity index (χ1n) is 10.3. The van der Waals surface area contributed by atoms with Crippen molar-refractivity contribution in [2.75, 3.05) is 18.4 Å². The number of nitrogens with two attached hydrogens (primary N) is 1. The maximum Gasteiger partial charge on any atom is 0.253 e. The van der Waals surface area contributed by atoms with E-state index in [9.17, 15) is 14.4 Å². The highest BCUT2D eigenvalue weighted by molar-refractivity contribution is 6.23. The highest BCUT2D eigenvalue weighted by Crippen LogP contribution is 2.29. The van der Waals surface area contributed by atoms with Crippen LogP contribution in [0.5, 0.6) is 0 Å². The summed E-state index contributed by atoms with van der Waals surface area (Å²) in [7, 11) is 0. The molecule has 30 heavy (non-hydrogen) atoms. The van der Waals surface area contributed by atoms with E-state index >= 15 is 0 Å². The third-order valence-corrected chi connectivity index (χ3v) is 5.87. The number of nitriles is 1. The normalized spacial score (nSPS) is 25.2. The zero-order valence-corrected chi connectivity index (χ0v) is 16.9. The molecule has 160 valence electrons. The molecule has 1 saturated heterocycles. The standard InChI is InChI=1S/C21H28FN7O/c22-19-11-15(6-7-26-19)28-20(24)17(21(25)30)13-27-18-5-4-16(10-14(18)12-23)29-8-2-1-3-9-29/h6-7,11,13-14,16,18,27H,1-5,8-10H2,(H2,25,30)(H2,24,26,28)/b17-13+/t14-,16+,18+/m1/s1. The maximum absolute atomic E-state index is 13.2. The average Bonchev–Trinajstić information content (AvgIpc) is 2.74. The number of carbonyl (C=O) groups is 1. The van der Waals surface area contributed by atoms with E-state index < -0.39 is 11.9 Å². The first kappa shape index (κ1) is 21.7. The second-order valence-corrected chi connectivity index (χ2v) is 7.86. The van der Waals surface area contributed by atoms with Crippen LogP contribution in [0.4, 0.5) is 10.1 Å². The molecule has 9 heteroatoms. The van der Waals surface area contributed by atoms with Gasteiger partial charge in [-0.15, -0.1) is 0 Å². The largest absolute Gasteiger partial charge is 0.386 e. The minimum atomic E-state index is -0.787. The number of nitrogens with one attached hydrogen (secondary N) is 3. The SMILES string of the molecule is N#C[C@H]1C[C@@H](N2CCCCC2)CC[C@@H]1N/C=C(\C(=N)Nc1ccnc(F)c1)C(N)=O. The van der Waals surface area contributed by atoms with Crippen molar-refractivity contribution in [1.82, 2.24) is 15.2 Å². The van der Waals surface area contributed by atoms with Gasteiger partial charge in [0.15, 0.2) is 0 Å². The molecular weight excluding hydrogens is 385 g/mol. The van der Waals surface area contributed by atoms with Crippen molar-refractivity contribution in [2.45, 2.75) is 50.6 Å². The molecule has 5 N–H and O–H groups in total. The molecule has 1 aliphatic heterocycles. The minimum absolute atomic E-state index is 0.0675. The van der Waals surface area contributed by atoms with Crippen molar-refractivity contribution in [2.24, 2.45) is 11.7 Å². The van der Waals surface area contributed by atoms with Gasteiger partial charge in [-0.1, -0.05) is 6.42 Å². The molecule has 2 heterocycles. The number of rotatable bonds is 6. The van der Waals surface area contributed by atoms with E-state index in [2.05, 4.69) is 26.6 Å². The minimum Gasteiger partial charge on any atom is -0.386 e. The molecule has 3 atom stereocenters. The maximum atomic E-state index is 13.2. The van der Waals surface area contributed by atoms with Crippen molar-refractivity contribution >= 4 is 17.4 Å². The topological polar surface area (TPSA) is 131 Å². The van der Waals surface area contributed by atoms with Crippen LogP contribution >= 0.6 is 0 Å². The Hall–Kier alpha value is -2.99. The number of nitrogens with zero attached hydrogens (tertiary/aromatic N) is 3. The fourth-order valence-electron chi connectivity index (χ4n) is 4.25. The van der Waals surface area contributed by atoms with E-state index in [-0.39, 0.29) is 29.1 Å². The van der Waals surface area contributed by atoms with Gasteiger partial charge in [-0.05, 0) is 51.3 Å². The highest BCUT2D eigenvalue weighted by Gasteiger charge is 2.33. The second kappa shape index (κ2) is 10.2. The van der Waals surface area contributed by atoms with Crippen molar-refractivity contribution < 1.29 is 9.18 Å². The second-order valence-electron chi connectivity index (χ2n) is 7.86. The van der Waals surface area contributed by atoms with Gasteiger partial charge in [0.05, 0.1) is 17.6 Å². The van der Waals surface area contributed by atoms with Crippen LogP contribution in [-0.4, -0.2) is 46.8 Å². The van der Waals surface area contributed by atoms with E-state index in [0.29, 0.717) is 6.04 Å². The van der Waals surface area contributed by atoms with Gasteiger partial charge in [-0.2, -0.15) is 9.65 Å². The summed E-state index contributed by atoms with van der Waals surface area (Å²) < 4.78 is 13.2. The fraction of sp³-hybridized carbons (Fsp3) is 0.524. The van der Waals surface area contributed by atoms with Gasteiger partial charge < -0.3 is 21.3 Å². The molecule has 0 bridgehead atoms. The lowest BCUT2D eigenvalue weighted by Crippen LogP contribution is -2.47. The van der Waals surface area contributed by atoms with Crippen LogP contribution in [0, 0.1) is 28.6 Å². The number of amides is 1. The number of carbonyl (C=O) groups excluding carboxylic acids is 1. The number of hydrogen-bond donors (Lipinski definition) is 4. The molecule has 0 spiro atoms. The van der Waals surface area contributed by atoms with Gasteiger partial charge in [0, 0.05) is 36.2 Å². The summed E-state index contributed by atoms with van der Waals surface area (Å²) in [4.78, 5) is 17.8. The van der Waals surface area contributed by atoms with Gasteiger partial charge in [0.25, 0.3) is 5.91 Å². The van der Waals surface area contributed by atoms with Crippen LogP contribution in [0.1, 0.15) is 38.5 Å². The summed E-state index contributed by atoms with van der Waals surface area (Å²) in [6.07, 6.45) is 8.95. The zero-order valence-electron chi connectivity index (χ0n) is 16.9. The molecule has 2 fully saturated rings. The number of halogens is 1. The average molecular weight is 414 g/mol. The van der Waals surface area contributed by atoms with Gasteiger partial charge in [-0.25, -0.2) is 4.98 Å². The third kappa shape index (κ3) is 5.54. The summed E-state index contributed by atoms with van der Waals surface area (Å²) in [5.74, 6) is -1.92. The molecule has 1 saturated carbocycles. The lowest BCUT2D eigenvalue weighted by atomic mass is 9.81. The highest BCUT2D eigenvalue weighted by atomic mass is 19.1. The first-order valence-corrected chi connectivity index (χ1v) is 10.3. The number of primary amides is 1. The van der Waals surface area contributed by atoms with Gasteiger partial charge in [0.2, 0.25) is 5.95 Å². The summed E-state index contributed by atoms with van der Waals surface area (Å²) in [5.41, 5.74) is 5.66. The Kier molecular flexibility index (Phi) is 7.36. The van der Waals surface area contributed by atoms with E-state index in [4.69, 9.17) is 11.1 Å². The van der Waals surface area contributed by atoms with Crippen LogP contribution < -0.4 is 16.4 Å². The van der Waals surface area contributed by atoms with Crippen LogP contribution in [0.2, 0.25) is 0 Å². The molecule has 1 aliphatic carbocycles. The molecule has 0 radical (unpaired) electrons. The molecule has 1 aromatic heterocycles. The molecule has 3 rings (SSSR count).